The van der Waals surface area contributed by atoms with Crippen molar-refractivity contribution in [3.8, 4) is 0 Å². The molecule has 0 N–H and O–H groups in total. The third-order valence-electron chi connectivity index (χ3n) is 1.62. The van der Waals surface area contributed by atoms with Gasteiger partial charge in [0.2, 0.25) is 0 Å². The zero-order valence-corrected chi connectivity index (χ0v) is 12.8. The van der Waals surface area contributed by atoms with Crippen molar-refractivity contribution < 1.29 is 4.57 Å². The standard InChI is InChI=1S/C9H5Cl2N.Cl3OP/c10-7-2-3-8-6(5-7)1-4-9(11)12-8;1-5(2,3)4/h1-5H;. The zero-order chi connectivity index (χ0) is 13.1. The maximum atomic E-state index is 9.51. The van der Waals surface area contributed by atoms with Gasteiger partial charge in [-0.2, -0.15) is 0 Å². The molecular weight excluding hydrogens is 346 g/mol. The zero-order valence-electron chi connectivity index (χ0n) is 8.08. The topological polar surface area (TPSA) is 30.0 Å². The van der Waals surface area contributed by atoms with Gasteiger partial charge < -0.3 is 0 Å². The van der Waals surface area contributed by atoms with E-state index < -0.39 is 5.20 Å². The minimum atomic E-state index is -3.22. The van der Waals surface area contributed by atoms with Crippen LogP contribution in [0.25, 0.3) is 10.9 Å². The van der Waals surface area contributed by atoms with Crippen LogP contribution in [-0.4, -0.2) is 4.98 Å². The second-order valence-corrected chi connectivity index (χ2v) is 10.3. The Balaban J connectivity index is 0.000000249. The highest BCUT2D eigenvalue weighted by molar-refractivity contribution is 8.24. The third kappa shape index (κ3) is 6.71. The Bertz CT molecular complexity index is 521. The van der Waals surface area contributed by atoms with E-state index >= 15 is 0 Å². The summed E-state index contributed by atoms with van der Waals surface area (Å²) in [5.41, 5.74) is 0.868. The first-order valence-electron chi connectivity index (χ1n) is 4.16. The van der Waals surface area contributed by atoms with E-state index in [0.29, 0.717) is 10.2 Å². The summed E-state index contributed by atoms with van der Waals surface area (Å²) in [5, 5.41) is -0.997. The van der Waals surface area contributed by atoms with Crippen LogP contribution in [0.5, 0.6) is 0 Å². The van der Waals surface area contributed by atoms with Gasteiger partial charge in [-0.1, -0.05) is 23.2 Å². The number of nitrogens with zero attached hydrogens (tertiary/aromatic N) is 1. The normalized spacial score (nSPS) is 10.9. The minimum Gasteiger partial charge on any atom is -0.271 e. The summed E-state index contributed by atoms with van der Waals surface area (Å²) in [4.78, 5) is 4.12. The molecule has 0 aliphatic heterocycles. The van der Waals surface area contributed by atoms with E-state index in [0.717, 1.165) is 10.9 Å². The fraction of sp³-hybridized carbons (Fsp3) is 0. The van der Waals surface area contributed by atoms with E-state index in [-0.39, 0.29) is 0 Å². The summed E-state index contributed by atoms with van der Waals surface area (Å²) < 4.78 is 9.51. The molecule has 17 heavy (non-hydrogen) atoms. The Hall–Kier alpha value is 0.310. The average molecular weight is 351 g/mol. The van der Waals surface area contributed by atoms with Crippen molar-refractivity contribution in [2.75, 3.05) is 0 Å². The molecule has 1 aromatic heterocycles. The molecule has 2 nitrogen and oxygen atoms in total. The number of rotatable bonds is 0. The number of hydrogen-bond donors (Lipinski definition) is 0. The second kappa shape index (κ2) is 6.47. The molecule has 0 saturated heterocycles. The summed E-state index contributed by atoms with van der Waals surface area (Å²) in [5.74, 6) is 0. The van der Waals surface area contributed by atoms with Crippen LogP contribution in [0.3, 0.4) is 0 Å². The first-order valence-corrected chi connectivity index (χ1v) is 9.34. The van der Waals surface area contributed by atoms with Gasteiger partial charge in [-0.15, -0.1) is 0 Å². The molecule has 0 saturated carbocycles. The van der Waals surface area contributed by atoms with Gasteiger partial charge in [0.1, 0.15) is 5.15 Å². The van der Waals surface area contributed by atoms with E-state index in [4.69, 9.17) is 23.2 Å². The molecule has 1 aromatic carbocycles. The largest absolute Gasteiger partial charge is 0.339 e. The van der Waals surface area contributed by atoms with Crippen molar-refractivity contribution in [3.05, 3.63) is 40.5 Å². The van der Waals surface area contributed by atoms with Crippen molar-refractivity contribution in [2.24, 2.45) is 0 Å². The fourth-order valence-electron chi connectivity index (χ4n) is 1.07. The Morgan fingerprint density at radius 2 is 1.59 bits per heavy atom. The van der Waals surface area contributed by atoms with Gasteiger partial charge in [-0.05, 0) is 64.1 Å². The molecule has 2 rings (SSSR count). The van der Waals surface area contributed by atoms with E-state index in [1.54, 1.807) is 12.1 Å². The Morgan fingerprint density at radius 1 is 1.00 bits per heavy atom. The molecule has 1 heterocycles. The maximum Gasteiger partial charge on any atom is 0.339 e. The monoisotopic (exact) mass is 349 g/mol. The lowest BCUT2D eigenvalue weighted by Crippen LogP contribution is -1.78. The lowest BCUT2D eigenvalue weighted by molar-refractivity contribution is 0.600. The van der Waals surface area contributed by atoms with Crippen LogP contribution in [0.2, 0.25) is 10.2 Å². The molecule has 0 aliphatic rings. The number of aromatic nitrogens is 1. The molecule has 0 aliphatic carbocycles. The SMILES string of the molecule is Clc1ccc2nc(Cl)ccc2c1.O=P(Cl)(Cl)Cl. The van der Waals surface area contributed by atoms with Gasteiger partial charge in [0.05, 0.1) is 5.52 Å². The van der Waals surface area contributed by atoms with Crippen molar-refractivity contribution in [1.29, 1.82) is 0 Å². The number of hydrogen-bond acceptors (Lipinski definition) is 2. The van der Waals surface area contributed by atoms with Gasteiger partial charge in [0.15, 0.2) is 0 Å². The fourth-order valence-corrected chi connectivity index (χ4v) is 1.41. The predicted octanol–water partition coefficient (Wildman–Crippen LogP) is 6.35. The lowest BCUT2D eigenvalue weighted by atomic mass is 10.2. The highest BCUT2D eigenvalue weighted by atomic mass is 36.0. The number of halogens is 5. The molecule has 0 spiro atoms. The quantitative estimate of drug-likeness (QED) is 0.409. The van der Waals surface area contributed by atoms with Crippen molar-refractivity contribution in [2.45, 2.75) is 0 Å². The third-order valence-corrected chi connectivity index (χ3v) is 2.06. The van der Waals surface area contributed by atoms with Crippen LogP contribution in [0.1, 0.15) is 0 Å². The number of benzene rings is 1. The van der Waals surface area contributed by atoms with E-state index in [9.17, 15) is 4.57 Å². The lowest BCUT2D eigenvalue weighted by Gasteiger charge is -1.97. The van der Waals surface area contributed by atoms with Crippen molar-refractivity contribution >= 4 is 73.0 Å². The van der Waals surface area contributed by atoms with E-state index in [1.807, 2.05) is 18.2 Å². The van der Waals surface area contributed by atoms with Crippen LogP contribution >= 0.6 is 62.1 Å². The van der Waals surface area contributed by atoms with E-state index in [1.165, 1.54) is 0 Å². The smallest absolute Gasteiger partial charge is 0.271 e. The van der Waals surface area contributed by atoms with Crippen LogP contribution in [0, 0.1) is 0 Å². The molecule has 92 valence electrons. The van der Waals surface area contributed by atoms with Gasteiger partial charge >= 0.3 is 5.20 Å². The Labute approximate surface area is 123 Å². The van der Waals surface area contributed by atoms with E-state index in [2.05, 4.69) is 38.7 Å². The number of fused-ring (bicyclic) bond motifs is 1. The highest BCUT2D eigenvalue weighted by Crippen LogP contribution is 2.61. The minimum absolute atomic E-state index is 0.504. The summed E-state index contributed by atoms with van der Waals surface area (Å²) in [6.07, 6.45) is 0. The average Bonchev–Trinajstić information content (AvgIpc) is 2.16. The van der Waals surface area contributed by atoms with Gasteiger partial charge in [0.25, 0.3) is 0 Å². The maximum absolute atomic E-state index is 9.51. The summed E-state index contributed by atoms with van der Waals surface area (Å²) in [6.45, 7) is 0. The second-order valence-electron chi connectivity index (χ2n) is 2.87. The molecule has 8 heteroatoms. The summed E-state index contributed by atoms with van der Waals surface area (Å²) in [7, 11) is 0. The first-order chi connectivity index (χ1) is 7.75. The highest BCUT2D eigenvalue weighted by Gasteiger charge is 2.03. The van der Waals surface area contributed by atoms with Gasteiger partial charge in [-0.3, -0.25) is 4.57 Å². The van der Waals surface area contributed by atoms with Crippen molar-refractivity contribution in [3.63, 3.8) is 0 Å². The van der Waals surface area contributed by atoms with Crippen molar-refractivity contribution in [1.82, 2.24) is 4.98 Å². The van der Waals surface area contributed by atoms with Crippen LogP contribution in [0.4, 0.5) is 0 Å². The Morgan fingerprint density at radius 3 is 2.18 bits per heavy atom. The molecule has 0 radical (unpaired) electrons. The molecule has 0 atom stereocenters. The predicted molar refractivity (Wildman–Crippen MR) is 76.9 cm³/mol. The number of pyridine rings is 1. The van der Waals surface area contributed by atoms with Crippen LogP contribution < -0.4 is 0 Å². The molecule has 0 amide bonds. The Kier molecular flexibility index (Phi) is 5.85. The summed E-state index contributed by atoms with van der Waals surface area (Å²) >= 11 is 25.4. The first kappa shape index (κ1) is 15.4. The molecule has 0 fully saturated rings. The molecule has 0 bridgehead atoms. The summed E-state index contributed by atoms with van der Waals surface area (Å²) in [6, 6.07) is 9.16. The van der Waals surface area contributed by atoms with Gasteiger partial charge in [-0.25, -0.2) is 4.98 Å². The van der Waals surface area contributed by atoms with Crippen LogP contribution in [0.15, 0.2) is 30.3 Å². The van der Waals surface area contributed by atoms with Crippen LogP contribution in [-0.2, 0) is 4.57 Å². The molecule has 0 unspecified atom stereocenters. The van der Waals surface area contributed by atoms with Gasteiger partial charge in [0, 0.05) is 10.4 Å². The molecular formula is C9H5Cl5NOP. The molecule has 2 aromatic rings.